The van der Waals surface area contributed by atoms with Crippen molar-refractivity contribution in [1.29, 1.82) is 0 Å². The SMILES string of the molecule is CCN=c1cc2sc3cc(N(CC)CC)ccc3nc-2c2c([N+](=O)[O-])cccc12.Cl. The van der Waals surface area contributed by atoms with Crippen LogP contribution in [0.15, 0.2) is 47.5 Å². The second-order valence-corrected chi connectivity index (χ2v) is 7.80. The van der Waals surface area contributed by atoms with Gasteiger partial charge in [0.1, 0.15) is 0 Å². The van der Waals surface area contributed by atoms with Crippen LogP contribution in [0.4, 0.5) is 11.4 Å². The molecule has 0 unspecified atom stereocenters. The van der Waals surface area contributed by atoms with Crippen molar-refractivity contribution in [2.45, 2.75) is 20.8 Å². The normalized spacial score (nSPS) is 11.8. The van der Waals surface area contributed by atoms with Crippen LogP contribution in [0.5, 0.6) is 0 Å². The third kappa shape index (κ3) is 3.70. The molecule has 0 N–H and O–H groups in total. The van der Waals surface area contributed by atoms with Crippen molar-refractivity contribution in [3.63, 3.8) is 0 Å². The first kappa shape index (κ1) is 21.9. The summed E-state index contributed by atoms with van der Waals surface area (Å²) in [6, 6.07) is 13.4. The molecule has 0 radical (unpaired) electrons. The van der Waals surface area contributed by atoms with Crippen LogP contribution in [0.2, 0.25) is 0 Å². The van der Waals surface area contributed by atoms with Gasteiger partial charge in [0.05, 0.1) is 36.5 Å². The molecule has 2 aliphatic rings. The van der Waals surface area contributed by atoms with Gasteiger partial charge in [-0.2, -0.15) is 0 Å². The van der Waals surface area contributed by atoms with E-state index in [1.165, 1.54) is 6.07 Å². The lowest BCUT2D eigenvalue weighted by molar-refractivity contribution is -0.383. The number of nitrogens with zero attached hydrogens (tertiary/aromatic N) is 4. The number of halogens is 1. The summed E-state index contributed by atoms with van der Waals surface area (Å²) in [6.45, 7) is 8.72. The van der Waals surface area contributed by atoms with Crippen LogP contribution in [0, 0.1) is 10.1 Å². The fraction of sp³-hybridized carbons (Fsp3) is 0.273. The Morgan fingerprint density at radius 2 is 1.90 bits per heavy atom. The van der Waals surface area contributed by atoms with Gasteiger partial charge in [0.15, 0.2) is 0 Å². The number of benzene rings is 3. The van der Waals surface area contributed by atoms with Crippen LogP contribution in [0.3, 0.4) is 0 Å². The Morgan fingerprint density at radius 1 is 1.13 bits per heavy atom. The molecule has 0 amide bonds. The first-order valence-corrected chi connectivity index (χ1v) is 10.6. The van der Waals surface area contributed by atoms with E-state index in [4.69, 9.17) is 4.98 Å². The molecule has 0 fully saturated rings. The van der Waals surface area contributed by atoms with Gasteiger partial charge in [-0.15, -0.1) is 23.7 Å². The minimum absolute atomic E-state index is 0. The number of anilines is 1. The summed E-state index contributed by atoms with van der Waals surface area (Å²) in [7, 11) is 0. The summed E-state index contributed by atoms with van der Waals surface area (Å²) >= 11 is 1.61. The maximum Gasteiger partial charge on any atom is 0.279 e. The minimum Gasteiger partial charge on any atom is -0.372 e. The maximum absolute atomic E-state index is 11.7. The van der Waals surface area contributed by atoms with Crippen LogP contribution < -0.4 is 10.3 Å². The quantitative estimate of drug-likeness (QED) is 0.173. The minimum atomic E-state index is -0.336. The van der Waals surface area contributed by atoms with Gasteiger partial charge < -0.3 is 4.90 Å². The zero-order valence-electron chi connectivity index (χ0n) is 17.1. The van der Waals surface area contributed by atoms with E-state index in [1.54, 1.807) is 17.4 Å². The molecule has 0 spiro atoms. The van der Waals surface area contributed by atoms with Gasteiger partial charge in [0.2, 0.25) is 0 Å². The number of fused-ring (bicyclic) bond motifs is 4. The first-order chi connectivity index (χ1) is 14.1. The van der Waals surface area contributed by atoms with E-state index in [1.807, 2.05) is 25.1 Å². The Morgan fingerprint density at radius 3 is 2.57 bits per heavy atom. The molecule has 1 heterocycles. The number of rotatable bonds is 5. The van der Waals surface area contributed by atoms with Gasteiger partial charge in [-0.25, -0.2) is 4.98 Å². The highest BCUT2D eigenvalue weighted by molar-refractivity contribution is 7.21. The maximum atomic E-state index is 11.7. The lowest BCUT2D eigenvalue weighted by Gasteiger charge is -2.21. The fourth-order valence-electron chi connectivity index (χ4n) is 3.74. The Kier molecular flexibility index (Phi) is 6.53. The van der Waals surface area contributed by atoms with Gasteiger partial charge in [0.25, 0.3) is 5.69 Å². The largest absolute Gasteiger partial charge is 0.372 e. The molecule has 2 aromatic carbocycles. The molecule has 4 rings (SSSR count). The van der Waals surface area contributed by atoms with Gasteiger partial charge in [-0.1, -0.05) is 12.1 Å². The van der Waals surface area contributed by atoms with Crippen LogP contribution in [0.25, 0.3) is 31.6 Å². The second-order valence-electron chi connectivity index (χ2n) is 6.71. The molecular formula is C22H23ClN4O2S. The van der Waals surface area contributed by atoms with Gasteiger partial charge in [-0.3, -0.25) is 15.1 Å². The third-order valence-electron chi connectivity index (χ3n) is 5.11. The number of non-ortho nitro benzene ring substituents is 1. The van der Waals surface area contributed by atoms with E-state index < -0.39 is 0 Å². The molecule has 0 saturated heterocycles. The van der Waals surface area contributed by atoms with Crippen LogP contribution in [-0.2, 0) is 0 Å². The Bertz CT molecular complexity index is 1270. The summed E-state index contributed by atoms with van der Waals surface area (Å²) in [5.41, 5.74) is 2.73. The first-order valence-electron chi connectivity index (χ1n) is 9.77. The highest BCUT2D eigenvalue weighted by atomic mass is 35.5. The smallest absolute Gasteiger partial charge is 0.279 e. The molecule has 0 aromatic heterocycles. The van der Waals surface area contributed by atoms with E-state index in [9.17, 15) is 10.1 Å². The summed E-state index contributed by atoms with van der Waals surface area (Å²) in [5, 5.41) is 13.8. The predicted molar refractivity (Wildman–Crippen MR) is 127 cm³/mol. The van der Waals surface area contributed by atoms with Crippen molar-refractivity contribution in [1.82, 2.24) is 4.98 Å². The van der Waals surface area contributed by atoms with Gasteiger partial charge in [0, 0.05) is 36.8 Å². The van der Waals surface area contributed by atoms with Gasteiger partial charge >= 0.3 is 0 Å². The van der Waals surface area contributed by atoms with Crippen molar-refractivity contribution in [3.05, 3.63) is 57.9 Å². The van der Waals surface area contributed by atoms with Crippen molar-refractivity contribution in [2.24, 2.45) is 4.99 Å². The van der Waals surface area contributed by atoms with Crippen molar-refractivity contribution >= 4 is 56.1 Å². The predicted octanol–water partition coefficient (Wildman–Crippen LogP) is 5.65. The number of aromatic nitrogens is 1. The molecule has 30 heavy (non-hydrogen) atoms. The molecule has 2 aromatic rings. The molecule has 0 atom stereocenters. The average Bonchev–Trinajstić information content (AvgIpc) is 2.73. The Labute approximate surface area is 184 Å². The highest BCUT2D eigenvalue weighted by Gasteiger charge is 2.21. The zero-order chi connectivity index (χ0) is 20.5. The van der Waals surface area contributed by atoms with E-state index in [0.717, 1.165) is 44.6 Å². The summed E-state index contributed by atoms with van der Waals surface area (Å²) in [4.78, 5) is 24.0. The average molecular weight is 443 g/mol. The standard InChI is InChI=1S/C22H22N4O2S.ClH/c1-4-23-17-13-20-22(21-15(17)8-7-9-18(21)26(27)28)24-16-11-10-14(12-19(16)29-20)25(5-2)6-3;/h7-13H,4-6H2,1-3H3;1H. The molecule has 0 saturated carbocycles. The van der Waals surface area contributed by atoms with Crippen molar-refractivity contribution in [2.75, 3.05) is 24.5 Å². The number of nitro groups is 1. The summed E-state index contributed by atoms with van der Waals surface area (Å²) in [5.74, 6) is 0. The Balaban J connectivity index is 0.00000256. The summed E-state index contributed by atoms with van der Waals surface area (Å²) < 4.78 is 1.06. The lowest BCUT2D eigenvalue weighted by Crippen LogP contribution is -2.21. The second kappa shape index (κ2) is 8.93. The molecule has 1 aliphatic heterocycles. The van der Waals surface area contributed by atoms with E-state index >= 15 is 0 Å². The number of hydrogen-bond acceptors (Lipinski definition) is 6. The number of hydrogen-bond donors (Lipinski definition) is 0. The fourth-order valence-corrected chi connectivity index (χ4v) is 4.79. The molecule has 156 valence electrons. The van der Waals surface area contributed by atoms with Gasteiger partial charge in [-0.05, 0) is 45.0 Å². The lowest BCUT2D eigenvalue weighted by atomic mass is 10.0. The van der Waals surface area contributed by atoms with Crippen LogP contribution in [-0.4, -0.2) is 29.5 Å². The van der Waals surface area contributed by atoms with E-state index in [-0.39, 0.29) is 23.0 Å². The van der Waals surface area contributed by atoms with Crippen LogP contribution in [0.1, 0.15) is 20.8 Å². The zero-order valence-corrected chi connectivity index (χ0v) is 18.7. The molecule has 1 aliphatic carbocycles. The van der Waals surface area contributed by atoms with E-state index in [0.29, 0.717) is 17.6 Å². The monoisotopic (exact) mass is 442 g/mol. The van der Waals surface area contributed by atoms with Crippen molar-refractivity contribution in [3.8, 4) is 10.6 Å². The topological polar surface area (TPSA) is 71.6 Å². The number of nitro benzene ring substituents is 1. The Hall–Kier alpha value is -2.77. The van der Waals surface area contributed by atoms with Crippen LogP contribution >= 0.6 is 23.7 Å². The molecule has 0 bridgehead atoms. The molecule has 8 heteroatoms. The highest BCUT2D eigenvalue weighted by Crippen LogP contribution is 2.39. The molecular weight excluding hydrogens is 420 g/mol. The molecule has 6 nitrogen and oxygen atoms in total. The van der Waals surface area contributed by atoms with Crippen molar-refractivity contribution < 1.29 is 4.92 Å². The van der Waals surface area contributed by atoms with E-state index in [2.05, 4.69) is 35.9 Å². The third-order valence-corrected chi connectivity index (χ3v) is 6.18. The summed E-state index contributed by atoms with van der Waals surface area (Å²) in [6.07, 6.45) is 0.